The second-order valence-electron chi connectivity index (χ2n) is 7.94. The van der Waals surface area contributed by atoms with Crippen molar-refractivity contribution in [1.29, 1.82) is 0 Å². The van der Waals surface area contributed by atoms with Gasteiger partial charge in [-0.15, -0.1) is 0 Å². The first-order chi connectivity index (χ1) is 14.0. The van der Waals surface area contributed by atoms with Crippen LogP contribution in [0.1, 0.15) is 25.1 Å². The summed E-state index contributed by atoms with van der Waals surface area (Å²) < 4.78 is 38.0. The number of aryl methyl sites for hydroxylation is 1. The van der Waals surface area contributed by atoms with Crippen molar-refractivity contribution in [2.24, 2.45) is 0 Å². The summed E-state index contributed by atoms with van der Waals surface area (Å²) in [4.78, 5) is 22.9. The van der Waals surface area contributed by atoms with Gasteiger partial charge in [0.1, 0.15) is 5.82 Å². The van der Waals surface area contributed by atoms with Crippen molar-refractivity contribution in [2.75, 3.05) is 11.2 Å². The molecule has 1 aromatic carbocycles. The first-order valence-electron chi connectivity index (χ1n) is 9.27. The average molecular weight is 425 g/mol. The Kier molecular flexibility index (Phi) is 4.50. The van der Waals surface area contributed by atoms with Gasteiger partial charge in [0.2, 0.25) is 5.91 Å². The molecule has 4 rings (SSSR count). The van der Waals surface area contributed by atoms with E-state index in [1.165, 1.54) is 29.4 Å². The lowest BCUT2D eigenvalue weighted by molar-refractivity contribution is -0.121. The number of rotatable bonds is 3. The van der Waals surface area contributed by atoms with E-state index in [2.05, 4.69) is 9.97 Å². The lowest BCUT2D eigenvalue weighted by Crippen LogP contribution is -2.33. The third-order valence-electron chi connectivity index (χ3n) is 5.39. The number of carbonyl (C=O) groups is 1. The number of halogens is 1. The molecule has 8 heteroatoms. The topological polar surface area (TPSA) is 80.2 Å². The standard InChI is InChI=1S/C22H20FN3O3S/c1-13-19(23)7-15(10-25-13)14-5-6-18-20(8-14)26(21(27)22(18,2)3)16-9-17(12-24-11-16)30(4,28)29/h5-12H,1-4H3. The maximum atomic E-state index is 14.0. The zero-order valence-electron chi connectivity index (χ0n) is 17.0. The fourth-order valence-electron chi connectivity index (χ4n) is 3.58. The second-order valence-corrected chi connectivity index (χ2v) is 9.96. The van der Waals surface area contributed by atoms with Crippen LogP contribution in [-0.4, -0.2) is 30.5 Å². The number of aromatic nitrogens is 2. The Morgan fingerprint density at radius 2 is 1.77 bits per heavy atom. The van der Waals surface area contributed by atoms with E-state index in [-0.39, 0.29) is 10.8 Å². The van der Waals surface area contributed by atoms with Crippen LogP contribution in [-0.2, 0) is 20.0 Å². The second kappa shape index (κ2) is 6.70. The zero-order chi connectivity index (χ0) is 21.8. The van der Waals surface area contributed by atoms with Gasteiger partial charge in [0.15, 0.2) is 9.84 Å². The molecule has 3 heterocycles. The van der Waals surface area contributed by atoms with Gasteiger partial charge < -0.3 is 0 Å². The van der Waals surface area contributed by atoms with E-state index in [9.17, 15) is 17.6 Å². The highest BCUT2D eigenvalue weighted by molar-refractivity contribution is 7.90. The van der Waals surface area contributed by atoms with Gasteiger partial charge >= 0.3 is 0 Å². The third-order valence-corrected chi connectivity index (χ3v) is 6.47. The molecule has 1 aliphatic heterocycles. The molecule has 3 aromatic rings. The lowest BCUT2D eigenvalue weighted by Gasteiger charge is -2.20. The van der Waals surface area contributed by atoms with Crippen molar-refractivity contribution < 1.29 is 17.6 Å². The molecule has 1 amide bonds. The van der Waals surface area contributed by atoms with Crippen LogP contribution in [0.25, 0.3) is 11.1 Å². The summed E-state index contributed by atoms with van der Waals surface area (Å²) in [6.07, 6.45) is 5.38. The summed E-state index contributed by atoms with van der Waals surface area (Å²) in [6, 6.07) is 8.30. The van der Waals surface area contributed by atoms with Gasteiger partial charge in [-0.05, 0) is 50.1 Å². The minimum absolute atomic E-state index is 0.0278. The van der Waals surface area contributed by atoms with Crippen LogP contribution in [0.2, 0.25) is 0 Å². The van der Waals surface area contributed by atoms with Crippen molar-refractivity contribution in [3.63, 3.8) is 0 Å². The summed E-state index contributed by atoms with van der Waals surface area (Å²) >= 11 is 0. The van der Waals surface area contributed by atoms with E-state index < -0.39 is 21.1 Å². The summed E-state index contributed by atoms with van der Waals surface area (Å²) in [5, 5.41) is 0. The molecule has 0 aliphatic carbocycles. The normalized spacial score (nSPS) is 15.4. The number of sulfone groups is 1. The maximum Gasteiger partial charge on any atom is 0.241 e. The van der Waals surface area contributed by atoms with Crippen molar-refractivity contribution in [1.82, 2.24) is 9.97 Å². The highest BCUT2D eigenvalue weighted by Gasteiger charge is 2.44. The van der Waals surface area contributed by atoms with Crippen molar-refractivity contribution in [3.8, 4) is 11.1 Å². The Balaban J connectivity index is 1.90. The number of hydrogen-bond acceptors (Lipinski definition) is 5. The number of anilines is 2. The van der Waals surface area contributed by atoms with Gasteiger partial charge in [-0.2, -0.15) is 0 Å². The number of fused-ring (bicyclic) bond motifs is 1. The number of hydrogen-bond donors (Lipinski definition) is 0. The Hall–Kier alpha value is -3.13. The summed E-state index contributed by atoms with van der Waals surface area (Å²) in [6.45, 7) is 5.22. The van der Waals surface area contributed by atoms with Crippen molar-refractivity contribution in [2.45, 2.75) is 31.1 Å². The first kappa shape index (κ1) is 20.2. The van der Waals surface area contributed by atoms with Crippen LogP contribution in [0.3, 0.4) is 0 Å². The quantitative estimate of drug-likeness (QED) is 0.635. The van der Waals surface area contributed by atoms with E-state index in [1.54, 1.807) is 19.2 Å². The SMILES string of the molecule is Cc1ncc(-c2ccc3c(c2)N(c2cncc(S(C)(=O)=O)c2)C(=O)C3(C)C)cc1F. The van der Waals surface area contributed by atoms with Crippen LogP contribution in [0.5, 0.6) is 0 Å². The van der Waals surface area contributed by atoms with Crippen LogP contribution < -0.4 is 4.90 Å². The number of benzene rings is 1. The van der Waals surface area contributed by atoms with E-state index in [0.29, 0.717) is 28.2 Å². The molecule has 0 N–H and O–H groups in total. The van der Waals surface area contributed by atoms with E-state index >= 15 is 0 Å². The Morgan fingerprint density at radius 1 is 1.03 bits per heavy atom. The van der Waals surface area contributed by atoms with E-state index in [4.69, 9.17) is 0 Å². The minimum atomic E-state index is -3.49. The molecule has 30 heavy (non-hydrogen) atoms. The predicted octanol–water partition coefficient (Wildman–Crippen LogP) is 3.95. The summed E-state index contributed by atoms with van der Waals surface area (Å²) in [7, 11) is -3.49. The van der Waals surface area contributed by atoms with E-state index in [1.807, 2.05) is 26.0 Å². The molecule has 0 spiro atoms. The molecule has 0 atom stereocenters. The van der Waals surface area contributed by atoms with Crippen LogP contribution >= 0.6 is 0 Å². The predicted molar refractivity (Wildman–Crippen MR) is 112 cm³/mol. The molecule has 0 unspecified atom stereocenters. The molecule has 0 saturated carbocycles. The summed E-state index contributed by atoms with van der Waals surface area (Å²) in [5.74, 6) is -0.610. The third kappa shape index (κ3) is 3.17. The molecule has 154 valence electrons. The number of carbonyl (C=O) groups excluding carboxylic acids is 1. The summed E-state index contributed by atoms with van der Waals surface area (Å²) in [5.41, 5.74) is 2.54. The number of pyridine rings is 2. The fraction of sp³-hybridized carbons (Fsp3) is 0.227. The monoisotopic (exact) mass is 425 g/mol. The minimum Gasteiger partial charge on any atom is -0.278 e. The van der Waals surface area contributed by atoms with Crippen LogP contribution in [0.4, 0.5) is 15.8 Å². The Labute approximate surface area is 174 Å². The molecular weight excluding hydrogens is 405 g/mol. The van der Waals surface area contributed by atoms with Gasteiger partial charge in [0, 0.05) is 24.2 Å². The van der Waals surface area contributed by atoms with Gasteiger partial charge in [-0.1, -0.05) is 12.1 Å². The molecule has 1 aliphatic rings. The van der Waals surface area contributed by atoms with Gasteiger partial charge in [-0.25, -0.2) is 12.8 Å². The van der Waals surface area contributed by atoms with Crippen molar-refractivity contribution in [3.05, 3.63) is 66.0 Å². The van der Waals surface area contributed by atoms with Gasteiger partial charge in [-0.3, -0.25) is 19.7 Å². The lowest BCUT2D eigenvalue weighted by atomic mass is 9.85. The van der Waals surface area contributed by atoms with E-state index in [0.717, 1.165) is 11.8 Å². The molecule has 0 saturated heterocycles. The smallest absolute Gasteiger partial charge is 0.241 e. The number of nitrogens with zero attached hydrogens (tertiary/aromatic N) is 3. The molecular formula is C22H20FN3O3S. The molecule has 0 bridgehead atoms. The maximum absolute atomic E-state index is 14.0. The Morgan fingerprint density at radius 3 is 2.43 bits per heavy atom. The highest BCUT2D eigenvalue weighted by Crippen LogP contribution is 2.46. The van der Waals surface area contributed by atoms with Crippen molar-refractivity contribution >= 4 is 27.1 Å². The number of amides is 1. The first-order valence-corrected chi connectivity index (χ1v) is 11.2. The van der Waals surface area contributed by atoms with Gasteiger partial charge in [0.05, 0.1) is 33.6 Å². The Bertz CT molecular complexity index is 1300. The molecule has 6 nitrogen and oxygen atoms in total. The molecule has 2 aromatic heterocycles. The largest absolute Gasteiger partial charge is 0.278 e. The van der Waals surface area contributed by atoms with Crippen LogP contribution in [0.15, 0.2) is 53.8 Å². The average Bonchev–Trinajstić information content (AvgIpc) is 2.89. The highest BCUT2D eigenvalue weighted by atomic mass is 32.2. The van der Waals surface area contributed by atoms with Gasteiger partial charge in [0.25, 0.3) is 0 Å². The molecule has 0 radical (unpaired) electrons. The zero-order valence-corrected chi connectivity index (χ0v) is 17.8. The fourth-order valence-corrected chi connectivity index (χ4v) is 4.17. The van der Waals surface area contributed by atoms with Crippen LogP contribution in [0, 0.1) is 12.7 Å². The molecule has 0 fully saturated rings.